The Labute approximate surface area is 157 Å². The molecule has 1 saturated heterocycles. The van der Waals surface area contributed by atoms with Gasteiger partial charge in [-0.2, -0.15) is 0 Å². The molecular weight excluding hydrogens is 350 g/mol. The van der Waals surface area contributed by atoms with Gasteiger partial charge in [-0.25, -0.2) is 0 Å². The van der Waals surface area contributed by atoms with Crippen LogP contribution in [0, 0.1) is 6.92 Å². The average Bonchev–Trinajstić information content (AvgIpc) is 2.92. The molecule has 0 atom stereocenters. The second-order valence-corrected chi connectivity index (χ2v) is 6.23. The lowest BCUT2D eigenvalue weighted by molar-refractivity contribution is -0.122. The number of ether oxygens (including phenoxy) is 1. The molecule has 1 aromatic heterocycles. The van der Waals surface area contributed by atoms with Crippen LogP contribution >= 0.6 is 12.2 Å². The number of amides is 2. The lowest BCUT2D eigenvalue weighted by Crippen LogP contribution is -2.54. The van der Waals surface area contributed by atoms with E-state index in [1.165, 1.54) is 4.90 Å². The number of carbonyl (C=O) groups is 2. The molecule has 3 rings (SSSR count). The number of aryl methyl sites for hydroxylation is 1. The molecular formula is C19H19N3O3S. The Bertz CT molecular complexity index is 913. The van der Waals surface area contributed by atoms with Crippen LogP contribution < -0.4 is 15.0 Å². The minimum Gasteiger partial charge on any atom is -0.494 e. The fourth-order valence-corrected chi connectivity index (χ4v) is 2.96. The van der Waals surface area contributed by atoms with Gasteiger partial charge in [-0.05, 0) is 68.5 Å². The standard InChI is InChI=1S/C19H19N3O3S/c1-4-25-15-9-7-13(8-10-15)22-18(24)16(17(23)20-19(22)26)11-14-6-5-12(2)21(14)3/h5-11H,4H2,1-3H3,(H,20,23,26)/b16-11+. The van der Waals surface area contributed by atoms with Crippen LogP contribution in [0.25, 0.3) is 6.08 Å². The van der Waals surface area contributed by atoms with Crippen LogP contribution in [-0.2, 0) is 16.6 Å². The highest BCUT2D eigenvalue weighted by Gasteiger charge is 2.34. The van der Waals surface area contributed by atoms with Crippen molar-refractivity contribution < 1.29 is 14.3 Å². The summed E-state index contributed by atoms with van der Waals surface area (Å²) in [5.41, 5.74) is 2.39. The monoisotopic (exact) mass is 369 g/mol. The number of hydrogen-bond acceptors (Lipinski definition) is 4. The van der Waals surface area contributed by atoms with Crippen molar-refractivity contribution in [2.24, 2.45) is 7.05 Å². The van der Waals surface area contributed by atoms with Crippen molar-refractivity contribution in [3.05, 3.63) is 53.4 Å². The second-order valence-electron chi connectivity index (χ2n) is 5.84. The van der Waals surface area contributed by atoms with Gasteiger partial charge in [0.1, 0.15) is 11.3 Å². The molecule has 0 radical (unpaired) electrons. The molecule has 7 heteroatoms. The number of benzene rings is 1. The van der Waals surface area contributed by atoms with Gasteiger partial charge in [0.15, 0.2) is 5.11 Å². The number of nitrogens with zero attached hydrogens (tertiary/aromatic N) is 2. The van der Waals surface area contributed by atoms with Crippen LogP contribution in [-0.4, -0.2) is 28.1 Å². The number of carbonyl (C=O) groups excluding carboxylic acids is 2. The van der Waals surface area contributed by atoms with Crippen molar-refractivity contribution in [1.82, 2.24) is 9.88 Å². The normalized spacial score (nSPS) is 16.2. The average molecular weight is 369 g/mol. The first kappa shape index (κ1) is 17.9. The van der Waals surface area contributed by atoms with Crippen molar-refractivity contribution >= 4 is 40.9 Å². The third kappa shape index (κ3) is 3.25. The largest absolute Gasteiger partial charge is 0.494 e. The highest BCUT2D eigenvalue weighted by molar-refractivity contribution is 7.80. The van der Waals surface area contributed by atoms with E-state index < -0.39 is 11.8 Å². The first-order chi connectivity index (χ1) is 12.4. The van der Waals surface area contributed by atoms with Gasteiger partial charge in [0, 0.05) is 18.4 Å². The molecule has 1 N–H and O–H groups in total. The maximum atomic E-state index is 12.9. The van der Waals surface area contributed by atoms with Crippen molar-refractivity contribution in [2.75, 3.05) is 11.5 Å². The maximum absolute atomic E-state index is 12.9. The van der Waals surface area contributed by atoms with E-state index in [9.17, 15) is 9.59 Å². The van der Waals surface area contributed by atoms with E-state index in [1.807, 2.05) is 37.6 Å². The van der Waals surface area contributed by atoms with Crippen LogP contribution in [0.2, 0.25) is 0 Å². The number of thiocarbonyl (C=S) groups is 1. The van der Waals surface area contributed by atoms with Gasteiger partial charge in [0.25, 0.3) is 11.8 Å². The van der Waals surface area contributed by atoms with Crippen LogP contribution in [0.1, 0.15) is 18.3 Å². The Balaban J connectivity index is 1.96. The summed E-state index contributed by atoms with van der Waals surface area (Å²) in [5.74, 6) is -0.256. The molecule has 0 spiro atoms. The Hall–Kier alpha value is -2.93. The molecule has 0 saturated carbocycles. The Kier molecular flexibility index (Phi) is 4.90. The summed E-state index contributed by atoms with van der Waals surface area (Å²) in [6.45, 7) is 4.40. The zero-order chi connectivity index (χ0) is 18.8. The SMILES string of the molecule is CCOc1ccc(N2C(=O)/C(=C/c3ccc(C)n3C)C(=O)NC2=S)cc1. The minimum atomic E-state index is -0.499. The fraction of sp³-hybridized carbons (Fsp3) is 0.211. The van der Waals surface area contributed by atoms with Gasteiger partial charge in [-0.3, -0.25) is 19.8 Å². The third-order valence-electron chi connectivity index (χ3n) is 4.21. The lowest BCUT2D eigenvalue weighted by atomic mass is 10.1. The van der Waals surface area contributed by atoms with Gasteiger partial charge < -0.3 is 9.30 Å². The first-order valence-corrected chi connectivity index (χ1v) is 8.60. The van der Waals surface area contributed by atoms with E-state index in [0.29, 0.717) is 18.0 Å². The molecule has 0 aliphatic carbocycles. The molecule has 2 amide bonds. The Morgan fingerprint density at radius 3 is 2.42 bits per heavy atom. The van der Waals surface area contributed by atoms with Gasteiger partial charge in [-0.15, -0.1) is 0 Å². The molecule has 134 valence electrons. The first-order valence-electron chi connectivity index (χ1n) is 8.19. The third-order valence-corrected chi connectivity index (χ3v) is 4.50. The summed E-state index contributed by atoms with van der Waals surface area (Å²) < 4.78 is 7.32. The van der Waals surface area contributed by atoms with Gasteiger partial charge >= 0.3 is 0 Å². The lowest BCUT2D eigenvalue weighted by Gasteiger charge is -2.29. The zero-order valence-electron chi connectivity index (χ0n) is 14.8. The van der Waals surface area contributed by atoms with Gasteiger partial charge in [0.2, 0.25) is 0 Å². The number of nitrogens with one attached hydrogen (secondary N) is 1. The molecule has 1 aliphatic heterocycles. The Morgan fingerprint density at radius 1 is 1.15 bits per heavy atom. The predicted octanol–water partition coefficient (Wildman–Crippen LogP) is 2.56. The van der Waals surface area contributed by atoms with Crippen molar-refractivity contribution in [2.45, 2.75) is 13.8 Å². The number of aromatic nitrogens is 1. The fourth-order valence-electron chi connectivity index (χ4n) is 2.68. The van der Waals surface area contributed by atoms with Crippen molar-refractivity contribution in [1.29, 1.82) is 0 Å². The molecule has 1 aromatic carbocycles. The van der Waals surface area contributed by atoms with Crippen molar-refractivity contribution in [3.63, 3.8) is 0 Å². The molecule has 2 aromatic rings. The predicted molar refractivity (Wildman–Crippen MR) is 104 cm³/mol. The smallest absolute Gasteiger partial charge is 0.270 e. The molecule has 26 heavy (non-hydrogen) atoms. The number of anilines is 1. The van der Waals surface area contributed by atoms with E-state index in [1.54, 1.807) is 30.3 Å². The van der Waals surface area contributed by atoms with Crippen LogP contribution in [0.4, 0.5) is 5.69 Å². The summed E-state index contributed by atoms with van der Waals surface area (Å²) in [7, 11) is 1.88. The number of hydrogen-bond donors (Lipinski definition) is 1. The van der Waals surface area contributed by atoms with Crippen molar-refractivity contribution in [3.8, 4) is 5.75 Å². The van der Waals surface area contributed by atoms with E-state index in [4.69, 9.17) is 17.0 Å². The van der Waals surface area contributed by atoms with Gasteiger partial charge in [0.05, 0.1) is 12.3 Å². The summed E-state index contributed by atoms with van der Waals surface area (Å²) in [6, 6.07) is 10.8. The number of rotatable bonds is 4. The van der Waals surface area contributed by atoms with Crippen LogP contribution in [0.3, 0.4) is 0 Å². The summed E-state index contributed by atoms with van der Waals surface area (Å²) in [6.07, 6.45) is 1.58. The van der Waals surface area contributed by atoms with E-state index in [2.05, 4.69) is 5.32 Å². The van der Waals surface area contributed by atoms with Crippen LogP contribution in [0.15, 0.2) is 42.0 Å². The minimum absolute atomic E-state index is 0.0358. The van der Waals surface area contributed by atoms with Gasteiger partial charge in [-0.1, -0.05) is 0 Å². The van der Waals surface area contributed by atoms with E-state index >= 15 is 0 Å². The summed E-state index contributed by atoms with van der Waals surface area (Å²) in [5, 5.41) is 2.64. The molecule has 0 bridgehead atoms. The summed E-state index contributed by atoms with van der Waals surface area (Å²) >= 11 is 5.20. The molecule has 1 fully saturated rings. The van der Waals surface area contributed by atoms with E-state index in [0.717, 1.165) is 11.4 Å². The quantitative estimate of drug-likeness (QED) is 0.511. The molecule has 2 heterocycles. The topological polar surface area (TPSA) is 63.6 Å². The molecule has 6 nitrogen and oxygen atoms in total. The van der Waals surface area contributed by atoms with E-state index in [-0.39, 0.29) is 10.7 Å². The zero-order valence-corrected chi connectivity index (χ0v) is 15.6. The highest BCUT2D eigenvalue weighted by Crippen LogP contribution is 2.24. The maximum Gasteiger partial charge on any atom is 0.270 e. The highest BCUT2D eigenvalue weighted by atomic mass is 32.1. The second kappa shape index (κ2) is 7.13. The molecule has 1 aliphatic rings. The molecule has 0 unspecified atom stereocenters. The Morgan fingerprint density at radius 2 is 1.85 bits per heavy atom. The van der Waals surface area contributed by atoms with Crippen LogP contribution in [0.5, 0.6) is 5.75 Å². The summed E-state index contributed by atoms with van der Waals surface area (Å²) in [4.78, 5) is 26.6.